The number of Topliss-reactive ketones (excluding diaryl/α,β-unsaturated/α-hetero) is 1. The highest BCUT2D eigenvalue weighted by Gasteiger charge is 2.46. The van der Waals surface area contributed by atoms with E-state index in [-0.39, 0.29) is 23.1 Å². The molecule has 3 nitrogen and oxygen atoms in total. The number of rotatable bonds is 1. The number of nitrogens with zero attached hydrogens (tertiary/aromatic N) is 1. The van der Waals surface area contributed by atoms with Crippen molar-refractivity contribution in [3.63, 3.8) is 0 Å². The van der Waals surface area contributed by atoms with E-state index in [0.717, 1.165) is 13.0 Å². The van der Waals surface area contributed by atoms with Crippen molar-refractivity contribution >= 4 is 11.7 Å². The SMILES string of the molecule is CC(=O)[C@@H]1CC2(CCCCC2)CN1C(C)=O. The van der Waals surface area contributed by atoms with Crippen LogP contribution in [0.25, 0.3) is 0 Å². The molecule has 1 aliphatic heterocycles. The Balaban J connectivity index is 2.16. The van der Waals surface area contributed by atoms with Crippen molar-refractivity contribution in [3.05, 3.63) is 0 Å². The Morgan fingerprint density at radius 2 is 1.75 bits per heavy atom. The lowest BCUT2D eigenvalue weighted by Gasteiger charge is -2.32. The molecule has 1 aliphatic carbocycles. The van der Waals surface area contributed by atoms with Gasteiger partial charge in [-0.05, 0) is 31.6 Å². The molecule has 3 heteroatoms. The van der Waals surface area contributed by atoms with Gasteiger partial charge >= 0.3 is 0 Å². The molecule has 0 bridgehead atoms. The summed E-state index contributed by atoms with van der Waals surface area (Å²) in [4.78, 5) is 25.0. The van der Waals surface area contributed by atoms with E-state index < -0.39 is 0 Å². The monoisotopic (exact) mass is 223 g/mol. The van der Waals surface area contributed by atoms with E-state index in [0.29, 0.717) is 0 Å². The number of amides is 1. The highest BCUT2D eigenvalue weighted by molar-refractivity contribution is 5.87. The fourth-order valence-corrected chi connectivity index (χ4v) is 3.41. The number of ketones is 1. The van der Waals surface area contributed by atoms with Gasteiger partial charge in [0.2, 0.25) is 5.91 Å². The van der Waals surface area contributed by atoms with Crippen molar-refractivity contribution < 1.29 is 9.59 Å². The van der Waals surface area contributed by atoms with E-state index >= 15 is 0 Å². The summed E-state index contributed by atoms with van der Waals surface area (Å²) in [6.45, 7) is 4.01. The predicted octanol–water partition coefficient (Wildman–Crippen LogP) is 2.15. The van der Waals surface area contributed by atoms with Crippen molar-refractivity contribution in [2.24, 2.45) is 5.41 Å². The summed E-state index contributed by atoms with van der Waals surface area (Å²) in [7, 11) is 0. The molecule has 16 heavy (non-hydrogen) atoms. The maximum atomic E-state index is 11.6. The molecule has 0 unspecified atom stereocenters. The molecule has 1 atom stereocenters. The molecule has 0 N–H and O–H groups in total. The Hall–Kier alpha value is -0.860. The van der Waals surface area contributed by atoms with Gasteiger partial charge in [0.1, 0.15) is 0 Å². The predicted molar refractivity (Wildman–Crippen MR) is 62.0 cm³/mol. The van der Waals surface area contributed by atoms with Crippen LogP contribution in [0, 0.1) is 5.41 Å². The maximum Gasteiger partial charge on any atom is 0.220 e. The summed E-state index contributed by atoms with van der Waals surface area (Å²) in [5.41, 5.74) is 0.264. The molecule has 1 amide bonds. The largest absolute Gasteiger partial charge is 0.332 e. The smallest absolute Gasteiger partial charge is 0.220 e. The first kappa shape index (κ1) is 11.6. The van der Waals surface area contributed by atoms with Crippen LogP contribution < -0.4 is 0 Å². The maximum absolute atomic E-state index is 11.6. The van der Waals surface area contributed by atoms with Gasteiger partial charge in [-0.1, -0.05) is 19.3 Å². The summed E-state index contributed by atoms with van der Waals surface area (Å²) in [5.74, 6) is 0.209. The number of carbonyl (C=O) groups excluding carboxylic acids is 2. The Kier molecular flexibility index (Phi) is 3.04. The van der Waals surface area contributed by atoms with Crippen molar-refractivity contribution in [2.45, 2.75) is 58.4 Å². The van der Waals surface area contributed by atoms with E-state index in [2.05, 4.69) is 0 Å². The zero-order valence-electron chi connectivity index (χ0n) is 10.3. The topological polar surface area (TPSA) is 37.4 Å². The number of carbonyl (C=O) groups is 2. The van der Waals surface area contributed by atoms with Gasteiger partial charge in [0.05, 0.1) is 6.04 Å². The van der Waals surface area contributed by atoms with Crippen molar-refractivity contribution in [3.8, 4) is 0 Å². The second-order valence-electron chi connectivity index (χ2n) is 5.54. The second-order valence-corrected chi connectivity index (χ2v) is 5.54. The molecule has 2 rings (SSSR count). The van der Waals surface area contributed by atoms with Gasteiger partial charge in [-0.15, -0.1) is 0 Å². The highest BCUT2D eigenvalue weighted by Crippen LogP contribution is 2.46. The molecule has 0 aromatic heterocycles. The van der Waals surface area contributed by atoms with Gasteiger partial charge in [-0.2, -0.15) is 0 Å². The average molecular weight is 223 g/mol. The summed E-state index contributed by atoms with van der Waals surface area (Å²) in [5, 5.41) is 0. The van der Waals surface area contributed by atoms with Crippen LogP contribution in [0.1, 0.15) is 52.4 Å². The Morgan fingerprint density at radius 3 is 2.19 bits per heavy atom. The van der Waals surface area contributed by atoms with E-state index in [4.69, 9.17) is 0 Å². The summed E-state index contributed by atoms with van der Waals surface area (Å²) >= 11 is 0. The van der Waals surface area contributed by atoms with E-state index in [1.165, 1.54) is 32.1 Å². The molecule has 1 saturated carbocycles. The standard InChI is InChI=1S/C13H21NO2/c1-10(15)12-8-13(6-4-3-5-7-13)9-14(12)11(2)16/h12H,3-9H2,1-2H3/t12-/m0/s1. The lowest BCUT2D eigenvalue weighted by atomic mass is 9.72. The molecule has 90 valence electrons. The minimum absolute atomic E-state index is 0.0580. The van der Waals surface area contributed by atoms with Crippen molar-refractivity contribution in [1.82, 2.24) is 4.90 Å². The van der Waals surface area contributed by atoms with Gasteiger partial charge in [0, 0.05) is 13.5 Å². The third-order valence-electron chi connectivity index (χ3n) is 4.30. The first-order valence-electron chi connectivity index (χ1n) is 6.32. The Morgan fingerprint density at radius 1 is 1.12 bits per heavy atom. The molecular formula is C13H21NO2. The summed E-state index contributed by atoms with van der Waals surface area (Å²) in [6.07, 6.45) is 7.13. The third kappa shape index (κ3) is 2.00. The van der Waals surface area contributed by atoms with Crippen LogP contribution in [0.4, 0.5) is 0 Å². The lowest BCUT2D eigenvalue weighted by molar-refractivity contribution is -0.135. The Bertz CT molecular complexity index is 281. The van der Waals surface area contributed by atoms with E-state index in [1.807, 2.05) is 0 Å². The van der Waals surface area contributed by atoms with Crippen molar-refractivity contribution in [1.29, 1.82) is 0 Å². The number of hydrogen-bond acceptors (Lipinski definition) is 2. The number of hydrogen-bond donors (Lipinski definition) is 0. The van der Waals surface area contributed by atoms with Crippen LogP contribution in [0.15, 0.2) is 0 Å². The second kappa shape index (κ2) is 4.19. The van der Waals surface area contributed by atoms with Crippen LogP contribution in [0.3, 0.4) is 0 Å². The zero-order valence-corrected chi connectivity index (χ0v) is 10.3. The quantitative estimate of drug-likeness (QED) is 0.683. The lowest BCUT2D eigenvalue weighted by Crippen LogP contribution is -2.38. The molecule has 2 fully saturated rings. The van der Waals surface area contributed by atoms with Crippen LogP contribution >= 0.6 is 0 Å². The molecule has 0 aromatic rings. The molecular weight excluding hydrogens is 202 g/mol. The molecule has 1 spiro atoms. The Labute approximate surface area is 97.2 Å². The average Bonchev–Trinajstić information content (AvgIpc) is 2.59. The minimum atomic E-state index is -0.143. The van der Waals surface area contributed by atoms with Gasteiger partial charge in [0.15, 0.2) is 5.78 Å². The molecule has 0 radical (unpaired) electrons. The minimum Gasteiger partial charge on any atom is -0.332 e. The zero-order chi connectivity index (χ0) is 11.8. The van der Waals surface area contributed by atoms with Crippen LogP contribution in [0.5, 0.6) is 0 Å². The van der Waals surface area contributed by atoms with Crippen LogP contribution in [-0.4, -0.2) is 29.2 Å². The molecule has 1 heterocycles. The highest BCUT2D eigenvalue weighted by atomic mass is 16.2. The first-order valence-corrected chi connectivity index (χ1v) is 6.32. The first-order chi connectivity index (χ1) is 7.54. The third-order valence-corrected chi connectivity index (χ3v) is 4.30. The fraction of sp³-hybridized carbons (Fsp3) is 0.846. The number of likely N-dealkylation sites (tertiary alicyclic amines) is 1. The van der Waals surface area contributed by atoms with E-state index in [1.54, 1.807) is 18.7 Å². The van der Waals surface area contributed by atoms with E-state index in [9.17, 15) is 9.59 Å². The van der Waals surface area contributed by atoms with Crippen molar-refractivity contribution in [2.75, 3.05) is 6.54 Å². The summed E-state index contributed by atoms with van der Waals surface area (Å²) < 4.78 is 0. The van der Waals surface area contributed by atoms with Crippen LogP contribution in [-0.2, 0) is 9.59 Å². The van der Waals surface area contributed by atoms with Gasteiger partial charge in [-0.3, -0.25) is 9.59 Å². The van der Waals surface area contributed by atoms with Crippen LogP contribution in [0.2, 0.25) is 0 Å². The van der Waals surface area contributed by atoms with Gasteiger partial charge in [-0.25, -0.2) is 0 Å². The molecule has 2 aliphatic rings. The van der Waals surface area contributed by atoms with Gasteiger partial charge in [0.25, 0.3) is 0 Å². The normalized spacial score (nSPS) is 28.4. The van der Waals surface area contributed by atoms with Gasteiger partial charge < -0.3 is 4.90 Å². The molecule has 1 saturated heterocycles. The summed E-state index contributed by atoms with van der Waals surface area (Å²) in [6, 6.07) is -0.143. The molecule has 0 aromatic carbocycles. The fourth-order valence-electron chi connectivity index (χ4n) is 3.41.